The van der Waals surface area contributed by atoms with Crippen molar-refractivity contribution in [3.63, 3.8) is 0 Å². The number of nitrogens with zero attached hydrogens (tertiary/aromatic N) is 1. The average Bonchev–Trinajstić information content (AvgIpc) is 2.98. The molecule has 2 unspecified atom stereocenters. The first-order valence-electron chi connectivity index (χ1n) is 6.75. The zero-order valence-corrected chi connectivity index (χ0v) is 11.4. The Labute approximate surface area is 113 Å². The van der Waals surface area contributed by atoms with Crippen molar-refractivity contribution in [2.24, 2.45) is 0 Å². The maximum Gasteiger partial charge on any atom is 0.247 e. The highest BCUT2D eigenvalue weighted by Gasteiger charge is 2.40. The van der Waals surface area contributed by atoms with Crippen LogP contribution in [0, 0.1) is 0 Å². The van der Waals surface area contributed by atoms with Gasteiger partial charge in [0.05, 0.1) is 18.7 Å². The van der Waals surface area contributed by atoms with Crippen molar-refractivity contribution in [1.29, 1.82) is 0 Å². The van der Waals surface area contributed by atoms with Crippen LogP contribution in [0.3, 0.4) is 0 Å². The molecular formula is C14H20N2O3. The molecule has 2 amide bonds. The average molecular weight is 264 g/mol. The van der Waals surface area contributed by atoms with E-state index in [0.29, 0.717) is 13.0 Å². The van der Waals surface area contributed by atoms with E-state index in [0.717, 1.165) is 12.2 Å². The molecule has 0 radical (unpaired) electrons. The molecule has 2 heterocycles. The van der Waals surface area contributed by atoms with Crippen LogP contribution in [0.5, 0.6) is 0 Å². The summed E-state index contributed by atoms with van der Waals surface area (Å²) < 4.78 is 5.22. The van der Waals surface area contributed by atoms with Crippen LogP contribution in [0.2, 0.25) is 0 Å². The Bertz CT molecular complexity index is 442. The van der Waals surface area contributed by atoms with Gasteiger partial charge in [-0.1, -0.05) is 6.92 Å². The van der Waals surface area contributed by atoms with Crippen LogP contribution in [0.1, 0.15) is 32.4 Å². The molecule has 0 aliphatic carbocycles. The molecule has 2 rings (SSSR count). The minimum atomic E-state index is -0.378. The van der Waals surface area contributed by atoms with Crippen molar-refractivity contribution < 1.29 is 14.0 Å². The second kappa shape index (κ2) is 6.02. The monoisotopic (exact) mass is 264 g/mol. The molecule has 1 fully saturated rings. The summed E-state index contributed by atoms with van der Waals surface area (Å²) in [6, 6.07) is 3.34. The third-order valence-electron chi connectivity index (χ3n) is 3.56. The molecular weight excluding hydrogens is 244 g/mol. The van der Waals surface area contributed by atoms with Gasteiger partial charge in [0, 0.05) is 19.0 Å². The lowest BCUT2D eigenvalue weighted by atomic mass is 10.2. The van der Waals surface area contributed by atoms with Crippen LogP contribution >= 0.6 is 0 Å². The van der Waals surface area contributed by atoms with Crippen molar-refractivity contribution in [2.45, 2.75) is 45.2 Å². The van der Waals surface area contributed by atoms with Crippen molar-refractivity contribution in [2.75, 3.05) is 6.54 Å². The predicted molar refractivity (Wildman–Crippen MR) is 70.4 cm³/mol. The van der Waals surface area contributed by atoms with Crippen LogP contribution in [-0.2, 0) is 16.0 Å². The molecule has 0 saturated carbocycles. The maximum absolute atomic E-state index is 12.1. The van der Waals surface area contributed by atoms with E-state index in [1.54, 1.807) is 6.26 Å². The molecule has 5 heteroatoms. The summed E-state index contributed by atoms with van der Waals surface area (Å²) in [4.78, 5) is 25.4. The topological polar surface area (TPSA) is 62.6 Å². The number of likely N-dealkylation sites (tertiary alicyclic amines) is 1. The quantitative estimate of drug-likeness (QED) is 0.788. The molecule has 2 atom stereocenters. The SMILES string of the molecule is CCC(C)N1C(=O)CC(NCCc2ccco2)C1=O. The van der Waals surface area contributed by atoms with Gasteiger partial charge >= 0.3 is 0 Å². The Morgan fingerprint density at radius 3 is 2.95 bits per heavy atom. The summed E-state index contributed by atoms with van der Waals surface area (Å²) in [5.74, 6) is 0.705. The van der Waals surface area contributed by atoms with Crippen LogP contribution in [-0.4, -0.2) is 35.3 Å². The molecule has 1 aromatic heterocycles. The van der Waals surface area contributed by atoms with E-state index in [-0.39, 0.29) is 30.3 Å². The highest BCUT2D eigenvalue weighted by molar-refractivity contribution is 6.05. The summed E-state index contributed by atoms with van der Waals surface area (Å²) in [5, 5.41) is 3.14. The molecule has 1 aliphatic heterocycles. The summed E-state index contributed by atoms with van der Waals surface area (Å²) in [6.45, 7) is 4.51. The van der Waals surface area contributed by atoms with Gasteiger partial charge in [-0.3, -0.25) is 14.5 Å². The Morgan fingerprint density at radius 2 is 2.32 bits per heavy atom. The number of hydrogen-bond donors (Lipinski definition) is 1. The van der Waals surface area contributed by atoms with Crippen LogP contribution < -0.4 is 5.32 Å². The number of hydrogen-bond acceptors (Lipinski definition) is 4. The highest BCUT2D eigenvalue weighted by Crippen LogP contribution is 2.17. The predicted octanol–water partition coefficient (Wildman–Crippen LogP) is 1.34. The fourth-order valence-electron chi connectivity index (χ4n) is 2.28. The smallest absolute Gasteiger partial charge is 0.247 e. The number of carbonyl (C=O) groups is 2. The first kappa shape index (κ1) is 13.8. The lowest BCUT2D eigenvalue weighted by molar-refractivity contribution is -0.141. The normalized spacial score (nSPS) is 21.2. The van der Waals surface area contributed by atoms with Crippen molar-refractivity contribution in [3.8, 4) is 0 Å². The van der Waals surface area contributed by atoms with E-state index >= 15 is 0 Å². The van der Waals surface area contributed by atoms with Crippen molar-refractivity contribution in [3.05, 3.63) is 24.2 Å². The van der Waals surface area contributed by atoms with Gasteiger partial charge < -0.3 is 9.73 Å². The van der Waals surface area contributed by atoms with Gasteiger partial charge in [0.2, 0.25) is 11.8 Å². The number of rotatable bonds is 6. The van der Waals surface area contributed by atoms with Gasteiger partial charge in [0.1, 0.15) is 5.76 Å². The first-order chi connectivity index (χ1) is 9.13. The van der Waals surface area contributed by atoms with Gasteiger partial charge in [-0.25, -0.2) is 0 Å². The molecule has 1 aliphatic rings. The molecule has 5 nitrogen and oxygen atoms in total. The summed E-state index contributed by atoms with van der Waals surface area (Å²) in [6.07, 6.45) is 3.40. The number of furan rings is 1. The lowest BCUT2D eigenvalue weighted by Gasteiger charge is -2.21. The largest absolute Gasteiger partial charge is 0.469 e. The summed E-state index contributed by atoms with van der Waals surface area (Å²) >= 11 is 0. The second-order valence-corrected chi connectivity index (χ2v) is 4.90. The number of imide groups is 1. The lowest BCUT2D eigenvalue weighted by Crippen LogP contribution is -2.43. The van der Waals surface area contributed by atoms with E-state index in [2.05, 4.69) is 5.32 Å². The van der Waals surface area contributed by atoms with Crippen LogP contribution in [0.15, 0.2) is 22.8 Å². The van der Waals surface area contributed by atoms with Gasteiger partial charge in [-0.15, -0.1) is 0 Å². The first-order valence-corrected chi connectivity index (χ1v) is 6.75. The molecule has 1 N–H and O–H groups in total. The summed E-state index contributed by atoms with van der Waals surface area (Å²) in [5.41, 5.74) is 0. The van der Waals surface area contributed by atoms with E-state index < -0.39 is 0 Å². The zero-order valence-electron chi connectivity index (χ0n) is 11.4. The standard InChI is InChI=1S/C14H20N2O3/c1-3-10(2)16-13(17)9-12(14(16)18)15-7-6-11-5-4-8-19-11/h4-5,8,10,12,15H,3,6-7,9H2,1-2H3. The molecule has 0 spiro atoms. The van der Waals surface area contributed by atoms with Gasteiger partial charge in [0.25, 0.3) is 0 Å². The van der Waals surface area contributed by atoms with E-state index in [4.69, 9.17) is 4.42 Å². The molecule has 1 aromatic rings. The van der Waals surface area contributed by atoms with Gasteiger partial charge in [-0.2, -0.15) is 0 Å². The second-order valence-electron chi connectivity index (χ2n) is 4.90. The number of amides is 2. The third kappa shape index (κ3) is 3.04. The van der Waals surface area contributed by atoms with Crippen molar-refractivity contribution >= 4 is 11.8 Å². The van der Waals surface area contributed by atoms with Crippen molar-refractivity contribution in [1.82, 2.24) is 10.2 Å². The van der Waals surface area contributed by atoms with Gasteiger partial charge in [-0.05, 0) is 25.5 Å². The maximum atomic E-state index is 12.1. The van der Waals surface area contributed by atoms with Crippen LogP contribution in [0.25, 0.3) is 0 Å². The Morgan fingerprint density at radius 1 is 1.53 bits per heavy atom. The van der Waals surface area contributed by atoms with E-state index in [9.17, 15) is 9.59 Å². The van der Waals surface area contributed by atoms with Gasteiger partial charge in [0.15, 0.2) is 0 Å². The summed E-state index contributed by atoms with van der Waals surface area (Å²) in [7, 11) is 0. The van der Waals surface area contributed by atoms with E-state index in [1.165, 1.54) is 4.90 Å². The Balaban J connectivity index is 1.85. The highest BCUT2D eigenvalue weighted by atomic mass is 16.3. The minimum absolute atomic E-state index is 0.0168. The minimum Gasteiger partial charge on any atom is -0.469 e. The molecule has 19 heavy (non-hydrogen) atoms. The fourth-order valence-corrected chi connectivity index (χ4v) is 2.28. The molecule has 0 aromatic carbocycles. The molecule has 1 saturated heterocycles. The molecule has 104 valence electrons. The van der Waals surface area contributed by atoms with Crippen LogP contribution in [0.4, 0.5) is 0 Å². The number of carbonyl (C=O) groups excluding carboxylic acids is 2. The Hall–Kier alpha value is -1.62. The van der Waals surface area contributed by atoms with E-state index in [1.807, 2.05) is 26.0 Å². The zero-order chi connectivity index (χ0) is 13.8. The molecule has 0 bridgehead atoms. The number of nitrogens with one attached hydrogen (secondary N) is 1. The third-order valence-corrected chi connectivity index (χ3v) is 3.56. The Kier molecular flexibility index (Phi) is 4.37. The fraction of sp³-hybridized carbons (Fsp3) is 0.571.